The second kappa shape index (κ2) is 19.0. The van der Waals surface area contributed by atoms with Gasteiger partial charge < -0.3 is 23.7 Å². The molecule has 0 radical (unpaired) electrons. The number of hydrogen-bond donors (Lipinski definition) is 0. The Morgan fingerprint density at radius 2 is 1.43 bits per heavy atom. The van der Waals surface area contributed by atoms with E-state index in [0.29, 0.717) is 42.3 Å². The number of esters is 3. The largest absolute Gasteiger partial charge is 0.493 e. The Bertz CT molecular complexity index is 1330. The lowest BCUT2D eigenvalue weighted by Gasteiger charge is -2.13. The van der Waals surface area contributed by atoms with Crippen LogP contribution in [0.3, 0.4) is 0 Å². The molecule has 0 fully saturated rings. The van der Waals surface area contributed by atoms with Crippen molar-refractivity contribution in [2.24, 2.45) is 0 Å². The van der Waals surface area contributed by atoms with Gasteiger partial charge in [0.15, 0.2) is 11.5 Å². The Balaban J connectivity index is 0.00000206. The molecule has 0 heterocycles. The zero-order chi connectivity index (χ0) is 31.5. The standard InChI is InChI=1S/C30H32O8.C4H6/c1-7-28(31)36-17-9-8-16-35-26-15-13-24(19-27(26)34-6)30(33)38-25-14-12-23(18-21(25)4)29(32)37-22(5)11-10-20(2)3;1-3-4-2/h7,10-15,18-19H,1-2,5,8-9,16-17H2,3-4,6H3;3-4H,1-2H2/b11-10-;. The molecule has 0 bridgehead atoms. The quantitative estimate of drug-likeness (QED) is 0.0547. The fourth-order valence-corrected chi connectivity index (χ4v) is 3.03. The Labute approximate surface area is 247 Å². The van der Waals surface area contributed by atoms with Gasteiger partial charge in [-0.25, -0.2) is 14.4 Å². The molecule has 2 rings (SSSR count). The van der Waals surface area contributed by atoms with E-state index in [4.69, 9.17) is 23.7 Å². The van der Waals surface area contributed by atoms with Crippen molar-refractivity contribution in [3.8, 4) is 17.2 Å². The first-order valence-electron chi connectivity index (χ1n) is 13.0. The van der Waals surface area contributed by atoms with Crippen LogP contribution in [0.1, 0.15) is 46.0 Å². The number of aryl methyl sites for hydroxylation is 1. The molecule has 0 aliphatic rings. The highest BCUT2D eigenvalue weighted by molar-refractivity contribution is 5.93. The summed E-state index contributed by atoms with van der Waals surface area (Å²) in [5, 5.41) is 0. The Hall–Kier alpha value is -5.11. The summed E-state index contributed by atoms with van der Waals surface area (Å²) >= 11 is 0. The van der Waals surface area contributed by atoms with E-state index in [0.717, 1.165) is 11.6 Å². The van der Waals surface area contributed by atoms with Gasteiger partial charge in [-0.3, -0.25) is 0 Å². The topological polar surface area (TPSA) is 97.4 Å². The molecule has 0 N–H and O–H groups in total. The van der Waals surface area contributed by atoms with Gasteiger partial charge in [0.1, 0.15) is 11.5 Å². The van der Waals surface area contributed by atoms with Crippen LogP contribution in [0.4, 0.5) is 0 Å². The maximum absolute atomic E-state index is 12.8. The van der Waals surface area contributed by atoms with Gasteiger partial charge in [0.2, 0.25) is 0 Å². The third kappa shape index (κ3) is 12.8. The fourth-order valence-electron chi connectivity index (χ4n) is 3.03. The monoisotopic (exact) mass is 574 g/mol. The first kappa shape index (κ1) is 34.9. The van der Waals surface area contributed by atoms with Crippen molar-refractivity contribution in [3.05, 3.63) is 128 Å². The van der Waals surface area contributed by atoms with Gasteiger partial charge in [0.05, 0.1) is 31.5 Å². The SMILES string of the molecule is C=CC(=O)OCCCCOc1ccc(C(=O)Oc2ccc(C(=O)OC(=C)/C=C\C(=C)C)cc2C)cc1OC.C=CC=C. The van der Waals surface area contributed by atoms with Crippen molar-refractivity contribution in [1.82, 2.24) is 0 Å². The molecule has 0 saturated carbocycles. The molecule has 0 spiro atoms. The predicted molar refractivity (Wildman–Crippen MR) is 164 cm³/mol. The number of rotatable bonds is 15. The number of carbonyl (C=O) groups is 3. The predicted octanol–water partition coefficient (Wildman–Crippen LogP) is 7.27. The molecule has 222 valence electrons. The third-order valence-corrected chi connectivity index (χ3v) is 5.16. The van der Waals surface area contributed by atoms with Crippen LogP contribution in [0.15, 0.2) is 111 Å². The summed E-state index contributed by atoms with van der Waals surface area (Å²) in [4.78, 5) is 36.2. The lowest BCUT2D eigenvalue weighted by molar-refractivity contribution is -0.137. The summed E-state index contributed by atoms with van der Waals surface area (Å²) in [5.74, 6) is -0.335. The highest BCUT2D eigenvalue weighted by Gasteiger charge is 2.16. The van der Waals surface area contributed by atoms with Gasteiger partial charge in [-0.2, -0.15) is 0 Å². The van der Waals surface area contributed by atoms with E-state index < -0.39 is 17.9 Å². The first-order chi connectivity index (χ1) is 20.1. The normalized spacial score (nSPS) is 9.88. The first-order valence-corrected chi connectivity index (χ1v) is 13.0. The number of methoxy groups -OCH3 is 1. The van der Waals surface area contributed by atoms with Gasteiger partial charge in [0, 0.05) is 6.08 Å². The second-order valence-corrected chi connectivity index (χ2v) is 8.67. The summed E-state index contributed by atoms with van der Waals surface area (Å²) in [5.41, 5.74) is 1.91. The van der Waals surface area contributed by atoms with E-state index in [1.807, 2.05) is 6.92 Å². The molecule has 0 unspecified atom stereocenters. The zero-order valence-corrected chi connectivity index (χ0v) is 24.5. The van der Waals surface area contributed by atoms with Crippen molar-refractivity contribution >= 4 is 17.9 Å². The summed E-state index contributed by atoms with van der Waals surface area (Å²) in [6.07, 6.45) is 8.91. The van der Waals surface area contributed by atoms with Gasteiger partial charge in [-0.05, 0) is 74.7 Å². The number of allylic oxidation sites excluding steroid dienone is 5. The summed E-state index contributed by atoms with van der Waals surface area (Å²) in [7, 11) is 1.47. The average Bonchev–Trinajstić information content (AvgIpc) is 2.98. The van der Waals surface area contributed by atoms with Gasteiger partial charge in [-0.1, -0.05) is 56.7 Å². The Morgan fingerprint density at radius 1 is 0.810 bits per heavy atom. The van der Waals surface area contributed by atoms with Gasteiger partial charge >= 0.3 is 17.9 Å². The summed E-state index contributed by atoms with van der Waals surface area (Å²) in [6.45, 7) is 21.7. The van der Waals surface area contributed by atoms with E-state index in [2.05, 4.69) is 32.9 Å². The number of hydrogen-bond acceptors (Lipinski definition) is 8. The number of benzene rings is 2. The van der Waals surface area contributed by atoms with Crippen molar-refractivity contribution in [2.75, 3.05) is 20.3 Å². The average molecular weight is 575 g/mol. The minimum absolute atomic E-state index is 0.182. The van der Waals surface area contributed by atoms with Gasteiger partial charge in [-0.15, -0.1) is 0 Å². The van der Waals surface area contributed by atoms with E-state index in [1.54, 1.807) is 49.4 Å². The van der Waals surface area contributed by atoms with Crippen molar-refractivity contribution < 1.29 is 38.1 Å². The molecule has 0 aromatic heterocycles. The highest BCUT2D eigenvalue weighted by Crippen LogP contribution is 2.29. The van der Waals surface area contributed by atoms with Crippen LogP contribution >= 0.6 is 0 Å². The molecular weight excluding hydrogens is 536 g/mol. The molecule has 8 nitrogen and oxygen atoms in total. The lowest BCUT2D eigenvalue weighted by atomic mass is 10.1. The maximum Gasteiger partial charge on any atom is 0.343 e. The molecule has 42 heavy (non-hydrogen) atoms. The molecule has 2 aromatic carbocycles. The Kier molecular flexibility index (Phi) is 15.8. The minimum Gasteiger partial charge on any atom is -0.493 e. The van der Waals surface area contributed by atoms with Crippen molar-refractivity contribution in [3.63, 3.8) is 0 Å². The van der Waals surface area contributed by atoms with Crippen LogP contribution in [0.2, 0.25) is 0 Å². The van der Waals surface area contributed by atoms with Crippen LogP contribution in [0.25, 0.3) is 0 Å². The molecular formula is C34H38O8. The van der Waals surface area contributed by atoms with Gasteiger partial charge in [0.25, 0.3) is 0 Å². The van der Waals surface area contributed by atoms with Crippen LogP contribution in [-0.2, 0) is 14.3 Å². The number of unbranched alkanes of at least 4 members (excludes halogenated alkanes) is 1. The minimum atomic E-state index is -0.601. The van der Waals surface area contributed by atoms with E-state index >= 15 is 0 Å². The highest BCUT2D eigenvalue weighted by atomic mass is 16.5. The van der Waals surface area contributed by atoms with E-state index in [-0.39, 0.29) is 23.5 Å². The Morgan fingerprint density at radius 3 is 2.00 bits per heavy atom. The van der Waals surface area contributed by atoms with Crippen LogP contribution in [0.5, 0.6) is 17.2 Å². The van der Waals surface area contributed by atoms with Crippen molar-refractivity contribution in [1.29, 1.82) is 0 Å². The van der Waals surface area contributed by atoms with E-state index in [9.17, 15) is 14.4 Å². The number of ether oxygens (including phenoxy) is 5. The zero-order valence-electron chi connectivity index (χ0n) is 24.5. The summed E-state index contributed by atoms with van der Waals surface area (Å²) < 4.78 is 26.7. The molecule has 2 aromatic rings. The lowest BCUT2D eigenvalue weighted by Crippen LogP contribution is -2.11. The molecule has 0 saturated heterocycles. The summed E-state index contributed by atoms with van der Waals surface area (Å²) in [6, 6.07) is 9.30. The smallest absolute Gasteiger partial charge is 0.343 e. The maximum atomic E-state index is 12.8. The molecule has 0 aliphatic heterocycles. The molecule has 8 heteroatoms. The molecule has 0 amide bonds. The fraction of sp³-hybridized carbons (Fsp3) is 0.206. The molecule has 0 aliphatic carbocycles. The van der Waals surface area contributed by atoms with Crippen LogP contribution in [-0.4, -0.2) is 38.2 Å². The third-order valence-electron chi connectivity index (χ3n) is 5.16. The number of carbonyl (C=O) groups excluding carboxylic acids is 3. The van der Waals surface area contributed by atoms with Crippen molar-refractivity contribution in [2.45, 2.75) is 26.7 Å². The van der Waals surface area contributed by atoms with E-state index in [1.165, 1.54) is 25.3 Å². The molecule has 0 atom stereocenters. The van der Waals surface area contributed by atoms with Crippen LogP contribution in [0, 0.1) is 6.92 Å². The second-order valence-electron chi connectivity index (χ2n) is 8.67. The van der Waals surface area contributed by atoms with Crippen LogP contribution < -0.4 is 14.2 Å².